The van der Waals surface area contributed by atoms with Crippen LogP contribution in [0.15, 0.2) is 0 Å². The van der Waals surface area contributed by atoms with Crippen molar-refractivity contribution in [3.63, 3.8) is 0 Å². The van der Waals surface area contributed by atoms with Crippen molar-refractivity contribution in [3.8, 4) is 0 Å². The van der Waals surface area contributed by atoms with E-state index in [0.29, 0.717) is 0 Å². The molecular formula is C7H15F2NO4S. The van der Waals surface area contributed by atoms with Gasteiger partial charge in [-0.3, -0.25) is 0 Å². The smallest absolute Gasteiger partial charge is 0.261 e. The van der Waals surface area contributed by atoms with Gasteiger partial charge in [-0.25, -0.2) is 21.9 Å². The van der Waals surface area contributed by atoms with Gasteiger partial charge in [-0.05, 0) is 6.42 Å². The molecule has 0 bridgehead atoms. The van der Waals surface area contributed by atoms with Crippen LogP contribution in [0.1, 0.15) is 6.42 Å². The van der Waals surface area contributed by atoms with Gasteiger partial charge in [0.05, 0.1) is 12.4 Å². The molecule has 0 amide bonds. The van der Waals surface area contributed by atoms with Crippen LogP contribution in [0.4, 0.5) is 8.78 Å². The van der Waals surface area contributed by atoms with Crippen molar-refractivity contribution in [3.05, 3.63) is 0 Å². The molecule has 92 valence electrons. The molecule has 0 atom stereocenters. The summed E-state index contributed by atoms with van der Waals surface area (Å²) in [6.45, 7) is -1.04. The van der Waals surface area contributed by atoms with Crippen LogP contribution in [0.5, 0.6) is 0 Å². The van der Waals surface area contributed by atoms with Crippen molar-refractivity contribution in [2.75, 3.05) is 32.1 Å². The molecule has 0 aromatic heterocycles. The van der Waals surface area contributed by atoms with E-state index in [1.54, 1.807) is 0 Å². The molecule has 0 spiro atoms. The molecule has 2 N–H and O–H groups in total. The zero-order valence-electron chi connectivity index (χ0n) is 8.16. The fraction of sp³-hybridized carbons (Fsp3) is 1.00. The zero-order valence-corrected chi connectivity index (χ0v) is 8.97. The van der Waals surface area contributed by atoms with Crippen molar-refractivity contribution in [1.82, 2.24) is 4.72 Å². The van der Waals surface area contributed by atoms with E-state index in [2.05, 4.69) is 9.46 Å². The molecule has 0 rings (SSSR count). The van der Waals surface area contributed by atoms with Gasteiger partial charge in [0.2, 0.25) is 10.0 Å². The zero-order chi connectivity index (χ0) is 11.7. The molecule has 0 heterocycles. The van der Waals surface area contributed by atoms with Gasteiger partial charge in [-0.2, -0.15) is 0 Å². The van der Waals surface area contributed by atoms with Gasteiger partial charge in [0.15, 0.2) is 0 Å². The lowest BCUT2D eigenvalue weighted by atomic mass is 10.5. The van der Waals surface area contributed by atoms with Crippen LogP contribution in [-0.2, 0) is 14.8 Å². The van der Waals surface area contributed by atoms with Gasteiger partial charge in [-0.1, -0.05) is 0 Å². The van der Waals surface area contributed by atoms with Gasteiger partial charge in [0.25, 0.3) is 6.43 Å². The fourth-order valence-electron chi connectivity index (χ4n) is 0.768. The minimum absolute atomic E-state index is 0.0412. The van der Waals surface area contributed by atoms with Crippen molar-refractivity contribution >= 4 is 10.0 Å². The first kappa shape index (κ1) is 14.7. The Morgan fingerprint density at radius 1 is 1.40 bits per heavy atom. The fourth-order valence-corrected chi connectivity index (χ4v) is 1.82. The van der Waals surface area contributed by atoms with Crippen molar-refractivity contribution in [2.45, 2.75) is 12.8 Å². The summed E-state index contributed by atoms with van der Waals surface area (Å²) in [5, 5.41) is 8.40. The molecule has 0 saturated heterocycles. The third-order valence-corrected chi connectivity index (χ3v) is 2.85. The molecule has 5 nitrogen and oxygen atoms in total. The van der Waals surface area contributed by atoms with Gasteiger partial charge in [-0.15, -0.1) is 0 Å². The summed E-state index contributed by atoms with van der Waals surface area (Å²) in [6.07, 6.45) is -2.40. The topological polar surface area (TPSA) is 75.6 Å². The van der Waals surface area contributed by atoms with Gasteiger partial charge >= 0.3 is 0 Å². The van der Waals surface area contributed by atoms with E-state index < -0.39 is 23.1 Å². The van der Waals surface area contributed by atoms with Crippen molar-refractivity contribution in [1.29, 1.82) is 0 Å². The standard InChI is InChI=1S/C7H15F2NO4S/c8-7(9)6-14-4-2-10-15(12,13)5-1-3-11/h7,10-11H,1-6H2. The minimum atomic E-state index is -3.42. The monoisotopic (exact) mass is 247 g/mol. The second-order valence-electron chi connectivity index (χ2n) is 2.76. The molecule has 0 radical (unpaired) electrons. The third-order valence-electron chi connectivity index (χ3n) is 1.38. The second-order valence-corrected chi connectivity index (χ2v) is 4.68. The van der Waals surface area contributed by atoms with Crippen LogP contribution < -0.4 is 4.72 Å². The molecule has 0 aromatic carbocycles. The van der Waals surface area contributed by atoms with E-state index in [-0.39, 0.29) is 31.9 Å². The van der Waals surface area contributed by atoms with Crippen molar-refractivity contribution in [2.24, 2.45) is 0 Å². The molecule has 0 saturated carbocycles. The average Bonchev–Trinajstić information content (AvgIpc) is 2.14. The lowest BCUT2D eigenvalue weighted by Crippen LogP contribution is -2.30. The Labute approximate surface area is 87.5 Å². The summed E-state index contributed by atoms with van der Waals surface area (Å²) >= 11 is 0. The maximum atomic E-state index is 11.6. The first-order valence-electron chi connectivity index (χ1n) is 4.42. The highest BCUT2D eigenvalue weighted by Gasteiger charge is 2.08. The lowest BCUT2D eigenvalue weighted by Gasteiger charge is -2.06. The van der Waals surface area contributed by atoms with Crippen LogP contribution in [0.25, 0.3) is 0 Å². The number of nitrogens with one attached hydrogen (secondary N) is 1. The molecular weight excluding hydrogens is 232 g/mol. The number of sulfonamides is 1. The predicted molar refractivity (Wildman–Crippen MR) is 50.3 cm³/mol. The Hall–Kier alpha value is -0.310. The summed E-state index contributed by atoms with van der Waals surface area (Å²) in [5.74, 6) is -0.182. The van der Waals surface area contributed by atoms with Crippen LogP contribution in [0.3, 0.4) is 0 Å². The highest BCUT2D eigenvalue weighted by Crippen LogP contribution is 1.92. The Morgan fingerprint density at radius 2 is 2.07 bits per heavy atom. The van der Waals surface area contributed by atoms with Crippen LogP contribution in [0.2, 0.25) is 0 Å². The molecule has 0 aliphatic heterocycles. The highest BCUT2D eigenvalue weighted by molar-refractivity contribution is 7.89. The Morgan fingerprint density at radius 3 is 2.60 bits per heavy atom. The summed E-state index contributed by atoms with van der Waals surface area (Å²) < 4.78 is 51.9. The maximum absolute atomic E-state index is 11.6. The van der Waals surface area contributed by atoms with Gasteiger partial charge in [0, 0.05) is 13.2 Å². The number of halogens is 2. The van der Waals surface area contributed by atoms with Gasteiger partial charge < -0.3 is 9.84 Å². The molecule has 0 aliphatic rings. The number of alkyl halides is 2. The summed E-state index contributed by atoms with van der Waals surface area (Å²) in [6, 6.07) is 0. The van der Waals surface area contributed by atoms with E-state index in [1.807, 2.05) is 0 Å². The van der Waals surface area contributed by atoms with Gasteiger partial charge in [0.1, 0.15) is 6.61 Å². The highest BCUT2D eigenvalue weighted by atomic mass is 32.2. The quantitative estimate of drug-likeness (QED) is 0.542. The molecule has 8 heteroatoms. The maximum Gasteiger partial charge on any atom is 0.261 e. The second kappa shape index (κ2) is 7.91. The van der Waals surface area contributed by atoms with E-state index in [4.69, 9.17) is 5.11 Å². The summed E-state index contributed by atoms with van der Waals surface area (Å²) in [5.41, 5.74) is 0. The summed E-state index contributed by atoms with van der Waals surface area (Å²) in [4.78, 5) is 0. The summed E-state index contributed by atoms with van der Waals surface area (Å²) in [7, 11) is -3.42. The number of hydrogen-bond donors (Lipinski definition) is 2. The lowest BCUT2D eigenvalue weighted by molar-refractivity contribution is 0.0199. The van der Waals surface area contributed by atoms with E-state index in [9.17, 15) is 17.2 Å². The minimum Gasteiger partial charge on any atom is -0.396 e. The first-order chi connectivity index (χ1) is 6.98. The number of rotatable bonds is 9. The number of aliphatic hydroxyl groups is 1. The largest absolute Gasteiger partial charge is 0.396 e. The average molecular weight is 247 g/mol. The van der Waals surface area contributed by atoms with Crippen LogP contribution >= 0.6 is 0 Å². The number of hydrogen-bond acceptors (Lipinski definition) is 4. The normalized spacial score (nSPS) is 12.3. The van der Waals surface area contributed by atoms with E-state index >= 15 is 0 Å². The molecule has 0 unspecified atom stereocenters. The number of aliphatic hydroxyl groups excluding tert-OH is 1. The van der Waals surface area contributed by atoms with E-state index in [1.165, 1.54) is 0 Å². The Kier molecular flexibility index (Phi) is 7.75. The van der Waals surface area contributed by atoms with Crippen LogP contribution in [0, 0.1) is 0 Å². The number of ether oxygens (including phenoxy) is 1. The van der Waals surface area contributed by atoms with Crippen LogP contribution in [-0.4, -0.2) is 52.1 Å². The molecule has 15 heavy (non-hydrogen) atoms. The molecule has 0 aliphatic carbocycles. The Balaban J connectivity index is 3.49. The SMILES string of the molecule is O=S(=O)(CCCO)NCCOCC(F)F. The third kappa shape index (κ3) is 9.98. The van der Waals surface area contributed by atoms with Crippen molar-refractivity contribution < 1.29 is 27.0 Å². The first-order valence-corrected chi connectivity index (χ1v) is 6.07. The van der Waals surface area contributed by atoms with E-state index in [0.717, 1.165) is 0 Å². The Bertz CT molecular complexity index is 245. The predicted octanol–water partition coefficient (Wildman–Crippen LogP) is -0.430. The molecule has 0 fully saturated rings. The molecule has 0 aromatic rings.